The number of anilines is 3. The molecule has 0 aromatic heterocycles. The van der Waals surface area contributed by atoms with E-state index >= 15 is 0 Å². The Morgan fingerprint density at radius 1 is 0.226 bits per heavy atom. The summed E-state index contributed by atoms with van der Waals surface area (Å²) in [6.45, 7) is 0. The van der Waals surface area contributed by atoms with Crippen molar-refractivity contribution >= 4 is 27.8 Å². The predicted octanol–water partition coefficient (Wildman–Crippen LogP) is 14.6. The van der Waals surface area contributed by atoms with Crippen LogP contribution < -0.4 is 4.90 Å². The van der Waals surface area contributed by atoms with Crippen molar-refractivity contribution in [3.63, 3.8) is 0 Å². The summed E-state index contributed by atoms with van der Waals surface area (Å²) in [5.74, 6) is 0. The van der Waals surface area contributed by atoms with Crippen LogP contribution >= 0.6 is 0 Å². The number of hydrogen-bond donors (Lipinski definition) is 0. The van der Waals surface area contributed by atoms with Crippen LogP contribution in [-0.2, 0) is 0 Å². The minimum absolute atomic E-state index is 1.10. The van der Waals surface area contributed by atoms with Crippen LogP contribution in [0.4, 0.5) is 17.1 Å². The number of rotatable bonds is 8. The zero-order valence-electron chi connectivity index (χ0n) is 29.3. The maximum absolute atomic E-state index is 2.38. The van der Waals surface area contributed by atoms with Crippen molar-refractivity contribution in [2.24, 2.45) is 0 Å². The third-order valence-corrected chi connectivity index (χ3v) is 10.1. The number of nitrogens with zero attached hydrogens (tertiary/aromatic N) is 1. The van der Waals surface area contributed by atoms with Gasteiger partial charge in [-0.25, -0.2) is 0 Å². The molecule has 1 nitrogen and oxygen atoms in total. The lowest BCUT2D eigenvalue weighted by atomic mass is 9.97. The minimum Gasteiger partial charge on any atom is -0.310 e. The molecule has 1 heteroatoms. The molecule has 0 N–H and O–H groups in total. The molecule has 0 aliphatic carbocycles. The average molecular weight is 676 g/mol. The maximum atomic E-state index is 2.38. The Labute approximate surface area is 311 Å². The Kier molecular flexibility index (Phi) is 8.66. The lowest BCUT2D eigenvalue weighted by molar-refractivity contribution is 1.28. The van der Waals surface area contributed by atoms with Crippen LogP contribution in [0.15, 0.2) is 224 Å². The fourth-order valence-electron chi connectivity index (χ4n) is 7.32. The van der Waals surface area contributed by atoms with Crippen molar-refractivity contribution < 1.29 is 0 Å². The standard InChI is InChI=1S/C52H37N/c1-3-13-38(14-4-1)44-19-11-20-45(35-44)40-27-31-49(32-28-40)53(52-24-10-9-23-51(52)42-16-5-2-6-17-42)50-33-29-41(30-34-50)46-21-12-22-47(36-46)48-26-25-39-15-7-8-18-43(39)37-48/h1-37H. The third kappa shape index (κ3) is 6.65. The third-order valence-electron chi connectivity index (χ3n) is 10.1. The summed E-state index contributed by atoms with van der Waals surface area (Å²) in [6.07, 6.45) is 0. The molecule has 0 amide bonds. The molecule has 9 aromatic carbocycles. The number of para-hydroxylation sites is 1. The Hall–Kier alpha value is -6.96. The molecule has 0 saturated carbocycles. The molecule has 0 aliphatic heterocycles. The molecule has 0 heterocycles. The molecule has 250 valence electrons. The van der Waals surface area contributed by atoms with Crippen molar-refractivity contribution in [3.8, 4) is 55.6 Å². The van der Waals surface area contributed by atoms with E-state index in [0.29, 0.717) is 0 Å². The van der Waals surface area contributed by atoms with E-state index in [0.717, 1.165) is 17.1 Å². The van der Waals surface area contributed by atoms with Crippen LogP contribution in [0.1, 0.15) is 0 Å². The summed E-state index contributed by atoms with van der Waals surface area (Å²) in [6, 6.07) is 80.8. The summed E-state index contributed by atoms with van der Waals surface area (Å²) in [5, 5.41) is 2.51. The Morgan fingerprint density at radius 3 is 1.21 bits per heavy atom. The molecule has 0 radical (unpaired) electrons. The molecule has 0 aliphatic rings. The van der Waals surface area contributed by atoms with Gasteiger partial charge in [-0.2, -0.15) is 0 Å². The second-order valence-corrected chi connectivity index (χ2v) is 13.4. The fraction of sp³-hybridized carbons (Fsp3) is 0. The Bertz CT molecular complexity index is 2640. The zero-order chi connectivity index (χ0) is 35.4. The van der Waals surface area contributed by atoms with Crippen LogP contribution in [0.5, 0.6) is 0 Å². The highest BCUT2D eigenvalue weighted by molar-refractivity contribution is 5.90. The van der Waals surface area contributed by atoms with Crippen LogP contribution in [0.3, 0.4) is 0 Å². The second kappa shape index (κ2) is 14.3. The second-order valence-electron chi connectivity index (χ2n) is 13.4. The summed E-state index contributed by atoms with van der Waals surface area (Å²) < 4.78 is 0. The highest BCUT2D eigenvalue weighted by atomic mass is 15.1. The van der Waals surface area contributed by atoms with Crippen LogP contribution in [0, 0.1) is 0 Å². The predicted molar refractivity (Wildman–Crippen MR) is 226 cm³/mol. The van der Waals surface area contributed by atoms with Gasteiger partial charge in [0.2, 0.25) is 0 Å². The monoisotopic (exact) mass is 675 g/mol. The number of benzene rings is 9. The summed E-state index contributed by atoms with van der Waals surface area (Å²) in [4.78, 5) is 2.38. The van der Waals surface area contributed by atoms with Crippen LogP contribution in [0.25, 0.3) is 66.4 Å². The molecule has 0 bridgehead atoms. The fourth-order valence-corrected chi connectivity index (χ4v) is 7.32. The molecule has 0 fully saturated rings. The van der Waals surface area contributed by atoms with E-state index in [2.05, 4.69) is 229 Å². The van der Waals surface area contributed by atoms with Gasteiger partial charge in [0.25, 0.3) is 0 Å². The molecule has 0 atom stereocenters. The zero-order valence-corrected chi connectivity index (χ0v) is 29.3. The van der Waals surface area contributed by atoms with Crippen molar-refractivity contribution in [2.75, 3.05) is 4.90 Å². The molecule has 9 aromatic rings. The molecule has 0 spiro atoms. The van der Waals surface area contributed by atoms with Gasteiger partial charge >= 0.3 is 0 Å². The molecule has 0 unspecified atom stereocenters. The Morgan fingerprint density at radius 2 is 0.623 bits per heavy atom. The molecular weight excluding hydrogens is 639 g/mol. The molecule has 0 saturated heterocycles. The lowest BCUT2D eigenvalue weighted by Crippen LogP contribution is -2.11. The molecule has 53 heavy (non-hydrogen) atoms. The van der Waals surface area contributed by atoms with Gasteiger partial charge in [-0.3, -0.25) is 0 Å². The normalized spacial score (nSPS) is 11.0. The van der Waals surface area contributed by atoms with E-state index in [1.807, 2.05) is 0 Å². The first-order valence-electron chi connectivity index (χ1n) is 18.2. The summed E-state index contributed by atoms with van der Waals surface area (Å²) in [5.41, 5.74) is 15.3. The van der Waals surface area contributed by atoms with Gasteiger partial charge in [0, 0.05) is 16.9 Å². The van der Waals surface area contributed by atoms with Crippen molar-refractivity contribution in [1.29, 1.82) is 0 Å². The summed E-state index contributed by atoms with van der Waals surface area (Å²) >= 11 is 0. The first kappa shape index (κ1) is 32.0. The van der Waals surface area contributed by atoms with Crippen molar-refractivity contribution in [2.45, 2.75) is 0 Å². The minimum atomic E-state index is 1.10. The number of fused-ring (bicyclic) bond motifs is 1. The van der Waals surface area contributed by atoms with Gasteiger partial charge in [0.15, 0.2) is 0 Å². The maximum Gasteiger partial charge on any atom is 0.0540 e. The van der Waals surface area contributed by atoms with Crippen LogP contribution in [0.2, 0.25) is 0 Å². The highest BCUT2D eigenvalue weighted by Crippen LogP contribution is 2.42. The van der Waals surface area contributed by atoms with Crippen LogP contribution in [-0.4, -0.2) is 0 Å². The quantitative estimate of drug-likeness (QED) is 0.155. The van der Waals surface area contributed by atoms with E-state index in [4.69, 9.17) is 0 Å². The van der Waals surface area contributed by atoms with E-state index in [-0.39, 0.29) is 0 Å². The topological polar surface area (TPSA) is 3.24 Å². The first-order valence-corrected chi connectivity index (χ1v) is 18.2. The SMILES string of the molecule is c1ccc(-c2cccc(-c3ccc(N(c4ccc(-c5cccc(-c6ccc7ccccc7c6)c5)cc4)c4ccccc4-c4ccccc4)cc3)c2)cc1. The van der Waals surface area contributed by atoms with E-state index < -0.39 is 0 Å². The lowest BCUT2D eigenvalue weighted by Gasteiger charge is -2.28. The van der Waals surface area contributed by atoms with E-state index in [9.17, 15) is 0 Å². The van der Waals surface area contributed by atoms with Gasteiger partial charge in [-0.15, -0.1) is 0 Å². The van der Waals surface area contributed by atoms with Crippen molar-refractivity contribution in [1.82, 2.24) is 0 Å². The van der Waals surface area contributed by atoms with Gasteiger partial charge in [0.1, 0.15) is 0 Å². The van der Waals surface area contributed by atoms with Gasteiger partial charge in [0.05, 0.1) is 5.69 Å². The van der Waals surface area contributed by atoms with Gasteiger partial charge in [-0.05, 0) is 109 Å². The van der Waals surface area contributed by atoms with E-state index in [1.165, 1.54) is 66.4 Å². The van der Waals surface area contributed by atoms with E-state index in [1.54, 1.807) is 0 Å². The summed E-state index contributed by atoms with van der Waals surface area (Å²) in [7, 11) is 0. The highest BCUT2D eigenvalue weighted by Gasteiger charge is 2.17. The molecular formula is C52H37N. The van der Waals surface area contributed by atoms with Gasteiger partial charge in [-0.1, -0.05) is 176 Å². The van der Waals surface area contributed by atoms with Gasteiger partial charge < -0.3 is 4.90 Å². The average Bonchev–Trinajstić information content (AvgIpc) is 3.25. The van der Waals surface area contributed by atoms with Crippen molar-refractivity contribution in [3.05, 3.63) is 224 Å². The number of hydrogen-bond acceptors (Lipinski definition) is 1. The largest absolute Gasteiger partial charge is 0.310 e. The smallest absolute Gasteiger partial charge is 0.0540 e. The molecule has 9 rings (SSSR count). The Balaban J connectivity index is 1.09. The first-order chi connectivity index (χ1) is 26.3.